The van der Waals surface area contributed by atoms with Crippen LogP contribution in [0.15, 0.2) is 12.1 Å². The van der Waals surface area contributed by atoms with E-state index in [4.69, 9.17) is 0 Å². The maximum atomic E-state index is 12.1. The molecule has 0 aliphatic heterocycles. The van der Waals surface area contributed by atoms with Crippen molar-refractivity contribution in [3.05, 3.63) is 28.8 Å². The van der Waals surface area contributed by atoms with E-state index in [0.29, 0.717) is 12.2 Å². The molecule has 1 aromatic rings. The highest BCUT2D eigenvalue weighted by molar-refractivity contribution is 5.97. The van der Waals surface area contributed by atoms with Gasteiger partial charge in [-0.2, -0.15) is 0 Å². The smallest absolute Gasteiger partial charge is 0.163 e. The zero-order chi connectivity index (χ0) is 13.7. The summed E-state index contributed by atoms with van der Waals surface area (Å²) >= 11 is 0. The number of carbonyl (C=O) groups excluding carboxylic acids is 1. The van der Waals surface area contributed by atoms with Crippen LogP contribution in [0.2, 0.25) is 0 Å². The fraction of sp³-hybridized carbons (Fsp3) is 0.562. The summed E-state index contributed by atoms with van der Waals surface area (Å²) in [5, 5.41) is 9.87. The Bertz CT molecular complexity index is 419. The molecular formula is C16H24O2. The molecular weight excluding hydrogens is 224 g/mol. The second kappa shape index (κ2) is 6.58. The molecule has 18 heavy (non-hydrogen) atoms. The van der Waals surface area contributed by atoms with Crippen LogP contribution in [-0.4, -0.2) is 10.9 Å². The van der Waals surface area contributed by atoms with Crippen LogP contribution >= 0.6 is 0 Å². The van der Waals surface area contributed by atoms with Crippen LogP contribution in [0.1, 0.15) is 73.9 Å². The fourth-order valence-corrected chi connectivity index (χ4v) is 2.14. The lowest BCUT2D eigenvalue weighted by Crippen LogP contribution is -2.04. The SMILES string of the molecule is CCCCCC(=O)c1cc(C(C)C)c(O)cc1C. The second-order valence-electron chi connectivity index (χ2n) is 5.26. The number of aromatic hydroxyl groups is 1. The van der Waals surface area contributed by atoms with Crippen molar-refractivity contribution in [3.8, 4) is 5.75 Å². The van der Waals surface area contributed by atoms with Crippen molar-refractivity contribution >= 4 is 5.78 Å². The number of aryl methyl sites for hydroxylation is 1. The Morgan fingerprint density at radius 1 is 1.28 bits per heavy atom. The van der Waals surface area contributed by atoms with Gasteiger partial charge in [-0.25, -0.2) is 0 Å². The van der Waals surface area contributed by atoms with Crippen LogP contribution in [-0.2, 0) is 0 Å². The van der Waals surface area contributed by atoms with Gasteiger partial charge in [0.1, 0.15) is 5.75 Å². The van der Waals surface area contributed by atoms with Crippen LogP contribution < -0.4 is 0 Å². The molecule has 0 aliphatic carbocycles. The summed E-state index contributed by atoms with van der Waals surface area (Å²) in [7, 11) is 0. The van der Waals surface area contributed by atoms with Crippen LogP contribution in [0.25, 0.3) is 0 Å². The Morgan fingerprint density at radius 3 is 2.50 bits per heavy atom. The molecule has 1 aromatic carbocycles. The molecule has 0 aliphatic rings. The molecule has 100 valence electrons. The Kier molecular flexibility index (Phi) is 5.39. The summed E-state index contributed by atoms with van der Waals surface area (Å²) in [4.78, 5) is 12.1. The fourth-order valence-electron chi connectivity index (χ4n) is 2.14. The average Bonchev–Trinajstić information content (AvgIpc) is 2.28. The van der Waals surface area contributed by atoms with Crippen LogP contribution in [0, 0.1) is 6.92 Å². The van der Waals surface area contributed by atoms with E-state index in [1.54, 1.807) is 6.07 Å². The molecule has 0 saturated carbocycles. The number of hydrogen-bond donors (Lipinski definition) is 1. The van der Waals surface area contributed by atoms with Crippen molar-refractivity contribution in [1.29, 1.82) is 0 Å². The zero-order valence-electron chi connectivity index (χ0n) is 11.9. The molecule has 0 atom stereocenters. The zero-order valence-corrected chi connectivity index (χ0v) is 11.9. The number of hydrogen-bond acceptors (Lipinski definition) is 2. The molecule has 0 bridgehead atoms. The number of rotatable bonds is 6. The van der Waals surface area contributed by atoms with Gasteiger partial charge < -0.3 is 5.11 Å². The predicted octanol–water partition coefficient (Wildman–Crippen LogP) is 4.59. The highest BCUT2D eigenvalue weighted by Crippen LogP contribution is 2.29. The van der Waals surface area contributed by atoms with E-state index in [1.807, 2.05) is 26.8 Å². The Morgan fingerprint density at radius 2 is 1.94 bits per heavy atom. The summed E-state index contributed by atoms with van der Waals surface area (Å²) < 4.78 is 0. The van der Waals surface area contributed by atoms with Crippen molar-refractivity contribution in [2.45, 2.75) is 59.3 Å². The Balaban J connectivity index is 2.94. The molecule has 0 amide bonds. The number of benzene rings is 1. The van der Waals surface area contributed by atoms with Gasteiger partial charge in [-0.05, 0) is 42.5 Å². The van der Waals surface area contributed by atoms with E-state index in [2.05, 4.69) is 6.92 Å². The van der Waals surface area contributed by atoms with Crippen molar-refractivity contribution < 1.29 is 9.90 Å². The monoisotopic (exact) mass is 248 g/mol. The van der Waals surface area contributed by atoms with Crippen LogP contribution in [0.5, 0.6) is 5.75 Å². The second-order valence-corrected chi connectivity index (χ2v) is 5.26. The highest BCUT2D eigenvalue weighted by atomic mass is 16.3. The topological polar surface area (TPSA) is 37.3 Å². The van der Waals surface area contributed by atoms with E-state index >= 15 is 0 Å². The van der Waals surface area contributed by atoms with Crippen molar-refractivity contribution in [2.75, 3.05) is 0 Å². The minimum Gasteiger partial charge on any atom is -0.508 e. The third-order valence-corrected chi connectivity index (χ3v) is 3.30. The van der Waals surface area contributed by atoms with E-state index < -0.39 is 0 Å². The number of carbonyl (C=O) groups is 1. The lowest BCUT2D eigenvalue weighted by atomic mass is 9.93. The van der Waals surface area contributed by atoms with Gasteiger partial charge in [0, 0.05) is 12.0 Å². The molecule has 0 heterocycles. The first-order valence-electron chi connectivity index (χ1n) is 6.84. The summed E-state index contributed by atoms with van der Waals surface area (Å²) in [6.07, 6.45) is 3.78. The van der Waals surface area contributed by atoms with Gasteiger partial charge >= 0.3 is 0 Å². The van der Waals surface area contributed by atoms with E-state index in [9.17, 15) is 9.90 Å². The molecule has 0 unspecified atom stereocenters. The maximum absolute atomic E-state index is 12.1. The highest BCUT2D eigenvalue weighted by Gasteiger charge is 2.14. The van der Waals surface area contributed by atoms with E-state index in [-0.39, 0.29) is 11.7 Å². The molecule has 0 fully saturated rings. The van der Waals surface area contributed by atoms with Gasteiger partial charge in [0.2, 0.25) is 0 Å². The summed E-state index contributed by atoms with van der Waals surface area (Å²) in [5.41, 5.74) is 2.51. The van der Waals surface area contributed by atoms with Gasteiger partial charge in [0.25, 0.3) is 0 Å². The van der Waals surface area contributed by atoms with Crippen molar-refractivity contribution in [1.82, 2.24) is 0 Å². The summed E-state index contributed by atoms with van der Waals surface area (Å²) in [6.45, 7) is 8.06. The van der Waals surface area contributed by atoms with Gasteiger partial charge in [0.05, 0.1) is 0 Å². The molecule has 1 rings (SSSR count). The number of unbranched alkanes of at least 4 members (excludes halogenated alkanes) is 2. The minimum absolute atomic E-state index is 0.197. The Hall–Kier alpha value is -1.31. The normalized spacial score (nSPS) is 10.9. The maximum Gasteiger partial charge on any atom is 0.163 e. The first kappa shape index (κ1) is 14.7. The number of ketones is 1. The summed E-state index contributed by atoms with van der Waals surface area (Å²) in [5.74, 6) is 0.725. The largest absolute Gasteiger partial charge is 0.508 e. The quantitative estimate of drug-likeness (QED) is 0.590. The molecule has 0 aromatic heterocycles. The third kappa shape index (κ3) is 3.59. The molecule has 2 heteroatoms. The van der Waals surface area contributed by atoms with Crippen LogP contribution in [0.3, 0.4) is 0 Å². The molecule has 1 N–H and O–H groups in total. The van der Waals surface area contributed by atoms with Gasteiger partial charge in [-0.1, -0.05) is 33.6 Å². The molecule has 0 spiro atoms. The van der Waals surface area contributed by atoms with E-state index in [0.717, 1.165) is 36.0 Å². The predicted molar refractivity (Wildman–Crippen MR) is 75.4 cm³/mol. The van der Waals surface area contributed by atoms with Crippen LogP contribution in [0.4, 0.5) is 0 Å². The first-order valence-corrected chi connectivity index (χ1v) is 6.84. The lowest BCUT2D eigenvalue weighted by Gasteiger charge is -2.13. The van der Waals surface area contributed by atoms with E-state index in [1.165, 1.54) is 0 Å². The lowest BCUT2D eigenvalue weighted by molar-refractivity contribution is 0.0978. The first-order chi connectivity index (χ1) is 8.47. The minimum atomic E-state index is 0.197. The standard InChI is InChI=1S/C16H24O2/c1-5-6-7-8-15(17)14-10-13(11(2)3)16(18)9-12(14)4/h9-11,18H,5-8H2,1-4H3. The van der Waals surface area contributed by atoms with Gasteiger partial charge in [-0.15, -0.1) is 0 Å². The number of Topliss-reactive ketones (excluding diaryl/α,β-unsaturated/α-hetero) is 1. The average molecular weight is 248 g/mol. The molecule has 0 radical (unpaired) electrons. The molecule has 0 saturated heterocycles. The third-order valence-electron chi connectivity index (χ3n) is 3.30. The van der Waals surface area contributed by atoms with Gasteiger partial charge in [0.15, 0.2) is 5.78 Å². The molecule has 2 nitrogen and oxygen atoms in total. The van der Waals surface area contributed by atoms with Crippen molar-refractivity contribution in [2.24, 2.45) is 0 Å². The number of phenols is 1. The summed E-state index contributed by atoms with van der Waals surface area (Å²) in [6, 6.07) is 3.58. The van der Waals surface area contributed by atoms with Gasteiger partial charge in [-0.3, -0.25) is 4.79 Å². The Labute approximate surface area is 110 Å². The number of phenolic OH excluding ortho intramolecular Hbond substituents is 1. The van der Waals surface area contributed by atoms with Crippen molar-refractivity contribution in [3.63, 3.8) is 0 Å².